The highest BCUT2D eigenvalue weighted by Crippen LogP contribution is 2.25. The number of esters is 1. The SMILES string of the molecule is CCC(C)(C)C(=O)OCCN(C)c1ccc(N=Nc2ccc(C#N)cc2C#N)cc1. The van der Waals surface area contributed by atoms with E-state index in [1.165, 1.54) is 6.07 Å². The summed E-state index contributed by atoms with van der Waals surface area (Å²) in [6.07, 6.45) is 0.732. The van der Waals surface area contributed by atoms with Gasteiger partial charge < -0.3 is 9.64 Å². The molecule has 2 aromatic rings. The van der Waals surface area contributed by atoms with Crippen molar-refractivity contribution in [1.82, 2.24) is 0 Å². The van der Waals surface area contributed by atoms with Crippen molar-refractivity contribution in [2.24, 2.45) is 15.6 Å². The second kappa shape index (κ2) is 10.2. The average molecular weight is 403 g/mol. The van der Waals surface area contributed by atoms with Crippen LogP contribution in [0.1, 0.15) is 38.3 Å². The maximum Gasteiger partial charge on any atom is 0.311 e. The Balaban J connectivity index is 1.97. The second-order valence-electron chi connectivity index (χ2n) is 7.47. The van der Waals surface area contributed by atoms with Crippen LogP contribution < -0.4 is 4.90 Å². The summed E-state index contributed by atoms with van der Waals surface area (Å²) in [7, 11) is 1.92. The number of ether oxygens (including phenoxy) is 1. The first-order valence-corrected chi connectivity index (χ1v) is 9.65. The highest BCUT2D eigenvalue weighted by Gasteiger charge is 2.26. The van der Waals surface area contributed by atoms with Crippen LogP contribution in [0.4, 0.5) is 17.1 Å². The molecule has 0 saturated carbocycles. The molecule has 2 aromatic carbocycles. The minimum Gasteiger partial charge on any atom is -0.463 e. The zero-order chi connectivity index (χ0) is 22.1. The molecule has 0 aromatic heterocycles. The van der Waals surface area contributed by atoms with Crippen LogP contribution in [0.25, 0.3) is 0 Å². The highest BCUT2D eigenvalue weighted by molar-refractivity contribution is 5.75. The molecule has 0 radical (unpaired) electrons. The van der Waals surface area contributed by atoms with Gasteiger partial charge in [-0.05, 0) is 62.7 Å². The minimum atomic E-state index is -0.467. The lowest BCUT2D eigenvalue weighted by Gasteiger charge is -2.23. The van der Waals surface area contributed by atoms with Crippen molar-refractivity contribution >= 4 is 23.0 Å². The van der Waals surface area contributed by atoms with E-state index in [-0.39, 0.29) is 5.97 Å². The standard InChI is InChI=1S/C23H25N5O2/c1-5-23(2,3)22(29)30-13-12-28(4)20-9-7-19(8-10-20)26-27-21-11-6-17(15-24)14-18(21)16-25/h6-11,14H,5,12-13H2,1-4H3. The van der Waals surface area contributed by atoms with Crippen molar-refractivity contribution in [3.63, 3.8) is 0 Å². The lowest BCUT2D eigenvalue weighted by molar-refractivity contribution is -0.153. The molecule has 0 saturated heterocycles. The molecule has 0 aliphatic rings. The number of likely N-dealkylation sites (N-methyl/N-ethyl adjacent to an activating group) is 1. The molecular formula is C23H25N5O2. The fourth-order valence-corrected chi connectivity index (χ4v) is 2.41. The second-order valence-corrected chi connectivity index (χ2v) is 7.47. The first kappa shape index (κ1) is 22.6. The number of rotatable bonds is 8. The number of azo groups is 1. The van der Waals surface area contributed by atoms with Crippen LogP contribution in [-0.2, 0) is 9.53 Å². The van der Waals surface area contributed by atoms with Gasteiger partial charge in [0.1, 0.15) is 18.4 Å². The monoisotopic (exact) mass is 403 g/mol. The van der Waals surface area contributed by atoms with E-state index in [2.05, 4.69) is 10.2 Å². The number of anilines is 1. The molecular weight excluding hydrogens is 378 g/mol. The molecule has 0 unspecified atom stereocenters. The summed E-state index contributed by atoms with van der Waals surface area (Å²) in [6, 6.07) is 16.1. The Morgan fingerprint density at radius 2 is 1.80 bits per heavy atom. The summed E-state index contributed by atoms with van der Waals surface area (Å²) in [4.78, 5) is 14.0. The zero-order valence-electron chi connectivity index (χ0n) is 17.7. The lowest BCUT2D eigenvalue weighted by Crippen LogP contribution is -2.30. The van der Waals surface area contributed by atoms with Crippen molar-refractivity contribution in [3.05, 3.63) is 53.6 Å². The highest BCUT2D eigenvalue weighted by atomic mass is 16.5. The largest absolute Gasteiger partial charge is 0.463 e. The van der Waals surface area contributed by atoms with Gasteiger partial charge in [0.05, 0.1) is 34.8 Å². The van der Waals surface area contributed by atoms with Crippen LogP contribution in [0, 0.1) is 28.1 Å². The Bertz CT molecular complexity index is 998. The van der Waals surface area contributed by atoms with Crippen molar-refractivity contribution in [3.8, 4) is 12.1 Å². The Morgan fingerprint density at radius 3 is 2.40 bits per heavy atom. The number of benzene rings is 2. The van der Waals surface area contributed by atoms with Crippen molar-refractivity contribution < 1.29 is 9.53 Å². The summed E-state index contributed by atoms with van der Waals surface area (Å²) < 4.78 is 5.38. The van der Waals surface area contributed by atoms with Crippen LogP contribution >= 0.6 is 0 Å². The van der Waals surface area contributed by atoms with E-state index in [9.17, 15) is 10.1 Å². The predicted octanol–water partition coefficient (Wildman–Crippen LogP) is 5.26. The fourth-order valence-electron chi connectivity index (χ4n) is 2.41. The number of nitriles is 2. The average Bonchev–Trinajstić information content (AvgIpc) is 2.77. The maximum absolute atomic E-state index is 12.0. The fraction of sp³-hybridized carbons (Fsp3) is 0.348. The van der Waals surface area contributed by atoms with Gasteiger partial charge >= 0.3 is 5.97 Å². The summed E-state index contributed by atoms with van der Waals surface area (Å²) in [6.45, 7) is 6.61. The van der Waals surface area contributed by atoms with Crippen LogP contribution in [0.15, 0.2) is 52.7 Å². The molecule has 0 amide bonds. The van der Waals surface area contributed by atoms with Gasteiger partial charge in [0.15, 0.2) is 0 Å². The van der Waals surface area contributed by atoms with Crippen molar-refractivity contribution in [2.75, 3.05) is 25.1 Å². The van der Waals surface area contributed by atoms with Gasteiger partial charge in [-0.15, -0.1) is 5.11 Å². The quantitative estimate of drug-likeness (QED) is 0.442. The third-order valence-electron chi connectivity index (χ3n) is 4.91. The third kappa shape index (κ3) is 5.89. The molecule has 0 N–H and O–H groups in total. The molecule has 7 heteroatoms. The third-order valence-corrected chi connectivity index (χ3v) is 4.91. The summed E-state index contributed by atoms with van der Waals surface area (Å²) in [5, 5.41) is 26.4. The molecule has 0 heterocycles. The number of carbonyl (C=O) groups excluding carboxylic acids is 1. The van der Waals surface area contributed by atoms with Crippen LogP contribution in [0.3, 0.4) is 0 Å². The molecule has 0 aliphatic carbocycles. The van der Waals surface area contributed by atoms with E-state index in [4.69, 9.17) is 10.00 Å². The number of nitrogens with zero attached hydrogens (tertiary/aromatic N) is 5. The Hall–Kier alpha value is -3.71. The summed E-state index contributed by atoms with van der Waals surface area (Å²) in [5.41, 5.74) is 2.24. The molecule has 7 nitrogen and oxygen atoms in total. The maximum atomic E-state index is 12.0. The predicted molar refractivity (Wildman–Crippen MR) is 115 cm³/mol. The van der Waals surface area contributed by atoms with Gasteiger partial charge in [-0.3, -0.25) is 4.79 Å². The Morgan fingerprint density at radius 1 is 1.10 bits per heavy atom. The van der Waals surface area contributed by atoms with Crippen molar-refractivity contribution in [1.29, 1.82) is 10.5 Å². The first-order chi connectivity index (χ1) is 14.3. The molecule has 0 fully saturated rings. The first-order valence-electron chi connectivity index (χ1n) is 9.65. The minimum absolute atomic E-state index is 0.186. The smallest absolute Gasteiger partial charge is 0.311 e. The topological polar surface area (TPSA) is 102 Å². The Kier molecular flexibility index (Phi) is 7.66. The number of hydrogen-bond donors (Lipinski definition) is 0. The van der Waals surface area contributed by atoms with Crippen LogP contribution in [0.5, 0.6) is 0 Å². The molecule has 2 rings (SSSR count). The van der Waals surface area contributed by atoms with Crippen molar-refractivity contribution in [2.45, 2.75) is 27.2 Å². The van der Waals surface area contributed by atoms with Gasteiger partial charge in [-0.1, -0.05) is 6.92 Å². The van der Waals surface area contributed by atoms with Gasteiger partial charge in [0, 0.05) is 12.7 Å². The number of hydrogen-bond acceptors (Lipinski definition) is 7. The normalized spacial score (nSPS) is 11.0. The lowest BCUT2D eigenvalue weighted by atomic mass is 9.91. The summed E-state index contributed by atoms with van der Waals surface area (Å²) in [5.74, 6) is -0.186. The van der Waals surface area contributed by atoms with E-state index in [0.29, 0.717) is 35.7 Å². The number of carbonyl (C=O) groups is 1. The van der Waals surface area contributed by atoms with Gasteiger partial charge in [0.2, 0.25) is 0 Å². The molecule has 30 heavy (non-hydrogen) atoms. The van der Waals surface area contributed by atoms with E-state index in [1.54, 1.807) is 12.1 Å². The van der Waals surface area contributed by atoms with E-state index in [0.717, 1.165) is 12.1 Å². The molecule has 0 bridgehead atoms. The van der Waals surface area contributed by atoms with Crippen LogP contribution in [0.2, 0.25) is 0 Å². The van der Waals surface area contributed by atoms with E-state index < -0.39 is 5.41 Å². The molecule has 0 spiro atoms. The molecule has 154 valence electrons. The molecule has 0 aliphatic heterocycles. The van der Waals surface area contributed by atoms with Crippen LogP contribution in [-0.4, -0.2) is 26.2 Å². The molecule has 0 atom stereocenters. The zero-order valence-corrected chi connectivity index (χ0v) is 17.7. The summed E-state index contributed by atoms with van der Waals surface area (Å²) >= 11 is 0. The van der Waals surface area contributed by atoms with Gasteiger partial charge in [-0.25, -0.2) is 0 Å². The van der Waals surface area contributed by atoms with Gasteiger partial charge in [0.25, 0.3) is 0 Å². The van der Waals surface area contributed by atoms with E-state index >= 15 is 0 Å². The Labute approximate surface area is 177 Å². The van der Waals surface area contributed by atoms with E-state index in [1.807, 2.05) is 69.1 Å². The van der Waals surface area contributed by atoms with Gasteiger partial charge in [-0.2, -0.15) is 15.6 Å².